The van der Waals surface area contributed by atoms with Gasteiger partial charge in [-0.25, -0.2) is 9.13 Å². The van der Waals surface area contributed by atoms with Gasteiger partial charge >= 0.3 is 39.5 Å². The quantitative estimate of drug-likeness (QED) is 0.0222. The molecule has 17 nitrogen and oxygen atoms in total. The van der Waals surface area contributed by atoms with Gasteiger partial charge in [-0.05, 0) is 31.6 Å². The van der Waals surface area contributed by atoms with Crippen LogP contribution >= 0.6 is 15.6 Å². The van der Waals surface area contributed by atoms with Gasteiger partial charge in [0.15, 0.2) is 12.2 Å². The highest BCUT2D eigenvalue weighted by Crippen LogP contribution is 2.45. The lowest BCUT2D eigenvalue weighted by molar-refractivity contribution is -0.161. The lowest BCUT2D eigenvalue weighted by Gasteiger charge is -2.21. The van der Waals surface area contributed by atoms with Crippen LogP contribution in [0.5, 0.6) is 0 Å². The number of aliphatic hydroxyl groups is 1. The topological polar surface area (TPSA) is 237 Å². The fourth-order valence-electron chi connectivity index (χ4n) is 11.5. The molecule has 6 atom stereocenters. The fourth-order valence-corrected chi connectivity index (χ4v) is 13.1. The maximum absolute atomic E-state index is 13.1. The third-order valence-electron chi connectivity index (χ3n) is 17.9. The minimum atomic E-state index is -4.96. The smallest absolute Gasteiger partial charge is 0.462 e. The number of rotatable bonds is 75. The molecule has 0 aromatic rings. The molecule has 94 heavy (non-hydrogen) atoms. The number of carbonyl (C=O) groups is 4. The van der Waals surface area contributed by atoms with E-state index in [9.17, 15) is 43.2 Å². The second kappa shape index (κ2) is 68.2. The van der Waals surface area contributed by atoms with E-state index in [1.807, 2.05) is 0 Å². The molecule has 0 spiro atoms. The first-order chi connectivity index (χ1) is 45.6. The molecule has 0 saturated heterocycles. The number of ether oxygens (including phenoxy) is 4. The summed E-state index contributed by atoms with van der Waals surface area (Å²) >= 11 is 0. The Balaban J connectivity index is 5.25. The summed E-state index contributed by atoms with van der Waals surface area (Å²) in [5.74, 6) is -1.34. The SMILES string of the molecule is CCCCCCCCCCCCCCCCCCCC(=O)O[C@H](COC(=O)CCCCCCCCCCCCCCC)COP(=O)(O)OC[C@@H](O)COP(=O)(O)OC[C@@H](COC(=O)CCCCCCCCCCCCCC)OC(=O)CCCCCCCCCCC(C)CC. The van der Waals surface area contributed by atoms with Gasteiger partial charge < -0.3 is 33.8 Å². The molecule has 0 aromatic heterocycles. The van der Waals surface area contributed by atoms with Gasteiger partial charge in [0.1, 0.15) is 19.3 Å². The minimum Gasteiger partial charge on any atom is -0.462 e. The number of aliphatic hydroxyl groups excluding tert-OH is 1. The average molecular weight is 1380 g/mol. The third-order valence-corrected chi connectivity index (χ3v) is 19.8. The van der Waals surface area contributed by atoms with Gasteiger partial charge in [-0.2, -0.15) is 0 Å². The maximum atomic E-state index is 13.1. The molecular weight excluding hydrogens is 1230 g/mol. The number of hydrogen-bond donors (Lipinski definition) is 3. The van der Waals surface area contributed by atoms with E-state index in [-0.39, 0.29) is 25.7 Å². The first-order valence-corrected chi connectivity index (χ1v) is 42.2. The van der Waals surface area contributed by atoms with Crippen molar-refractivity contribution in [1.82, 2.24) is 0 Å². The Kier molecular flexibility index (Phi) is 66.8. The van der Waals surface area contributed by atoms with Crippen LogP contribution in [0.25, 0.3) is 0 Å². The van der Waals surface area contributed by atoms with Gasteiger partial charge in [0, 0.05) is 25.7 Å². The van der Waals surface area contributed by atoms with E-state index in [1.165, 1.54) is 218 Å². The van der Waals surface area contributed by atoms with Crippen molar-refractivity contribution in [1.29, 1.82) is 0 Å². The van der Waals surface area contributed by atoms with E-state index in [0.717, 1.165) is 95.8 Å². The Morgan fingerprint density at radius 1 is 0.298 bits per heavy atom. The van der Waals surface area contributed by atoms with Crippen LogP contribution in [-0.2, 0) is 65.4 Å². The zero-order valence-electron chi connectivity index (χ0n) is 61.1. The first kappa shape index (κ1) is 92.1. The Morgan fingerprint density at radius 3 is 0.755 bits per heavy atom. The maximum Gasteiger partial charge on any atom is 0.472 e. The molecule has 558 valence electrons. The van der Waals surface area contributed by atoms with Gasteiger partial charge in [0.25, 0.3) is 0 Å². The molecule has 0 aliphatic heterocycles. The number of phosphoric acid groups is 2. The van der Waals surface area contributed by atoms with E-state index in [1.54, 1.807) is 0 Å². The summed E-state index contributed by atoms with van der Waals surface area (Å²) in [5.41, 5.74) is 0. The van der Waals surface area contributed by atoms with Crippen LogP contribution in [0.4, 0.5) is 0 Å². The van der Waals surface area contributed by atoms with Crippen molar-refractivity contribution in [3.8, 4) is 0 Å². The Morgan fingerprint density at radius 2 is 0.511 bits per heavy atom. The summed E-state index contributed by atoms with van der Waals surface area (Å²) in [6.45, 7) is 7.29. The molecule has 0 radical (unpaired) electrons. The monoisotopic (exact) mass is 1380 g/mol. The number of unbranched alkanes of at least 4 members (excludes halogenated alkanes) is 46. The average Bonchev–Trinajstić information content (AvgIpc) is 1.24. The van der Waals surface area contributed by atoms with Crippen molar-refractivity contribution in [2.45, 2.75) is 412 Å². The summed E-state index contributed by atoms with van der Waals surface area (Å²) in [4.78, 5) is 72.8. The van der Waals surface area contributed by atoms with E-state index in [4.69, 9.17) is 37.0 Å². The molecule has 0 heterocycles. The lowest BCUT2D eigenvalue weighted by atomic mass is 9.99. The Hall–Kier alpha value is -1.94. The van der Waals surface area contributed by atoms with Crippen LogP contribution in [0.15, 0.2) is 0 Å². The number of carbonyl (C=O) groups excluding carboxylic acids is 4. The Bertz CT molecular complexity index is 1810. The van der Waals surface area contributed by atoms with Gasteiger partial charge in [-0.15, -0.1) is 0 Å². The standard InChI is InChI=1S/C75H146O17P2/c1-6-10-13-16-19-22-25-28-29-30-31-33-36-39-45-50-55-60-74(79)91-70(64-85-73(78)59-54-49-44-38-35-32-26-23-20-17-14-11-7-2)66-89-93(81,82)87-62-69(76)63-88-94(83,84)90-67-71(92-75(80)61-56-51-46-41-40-42-47-52-57-68(5)9-4)65-86-72(77)58-53-48-43-37-34-27-24-21-18-15-12-8-3/h68-71,76H,6-67H2,1-5H3,(H,81,82)(H,83,84)/t68?,69-,70-,71-/m1/s1. The number of hydrogen-bond acceptors (Lipinski definition) is 15. The molecule has 19 heteroatoms. The predicted molar refractivity (Wildman–Crippen MR) is 382 cm³/mol. The van der Waals surface area contributed by atoms with E-state index < -0.39 is 97.5 Å². The summed E-state index contributed by atoms with van der Waals surface area (Å²) in [5, 5.41) is 10.6. The predicted octanol–water partition coefficient (Wildman–Crippen LogP) is 22.1. The van der Waals surface area contributed by atoms with Gasteiger partial charge in [-0.3, -0.25) is 37.3 Å². The summed E-state index contributed by atoms with van der Waals surface area (Å²) in [7, 11) is -9.91. The number of phosphoric ester groups is 2. The van der Waals surface area contributed by atoms with Crippen LogP contribution in [0.2, 0.25) is 0 Å². The molecular formula is C75H146O17P2. The van der Waals surface area contributed by atoms with Crippen molar-refractivity contribution in [2.75, 3.05) is 39.6 Å². The molecule has 0 aromatic carbocycles. The lowest BCUT2D eigenvalue weighted by Crippen LogP contribution is -2.30. The third kappa shape index (κ3) is 67.3. The second-order valence-electron chi connectivity index (χ2n) is 27.3. The fraction of sp³-hybridized carbons (Fsp3) is 0.947. The minimum absolute atomic E-state index is 0.106. The van der Waals surface area contributed by atoms with E-state index in [0.29, 0.717) is 25.7 Å². The highest BCUT2D eigenvalue weighted by molar-refractivity contribution is 7.47. The van der Waals surface area contributed by atoms with Crippen LogP contribution in [0, 0.1) is 5.92 Å². The summed E-state index contributed by atoms with van der Waals surface area (Å²) < 4.78 is 68.5. The van der Waals surface area contributed by atoms with Crippen LogP contribution in [-0.4, -0.2) is 96.7 Å². The molecule has 0 saturated carbocycles. The highest BCUT2D eigenvalue weighted by atomic mass is 31.2. The molecule has 0 aliphatic carbocycles. The van der Waals surface area contributed by atoms with Gasteiger partial charge in [-0.1, -0.05) is 343 Å². The van der Waals surface area contributed by atoms with E-state index >= 15 is 0 Å². The molecule has 0 bridgehead atoms. The van der Waals surface area contributed by atoms with Crippen molar-refractivity contribution >= 4 is 39.5 Å². The normalized spacial score (nSPS) is 14.3. The molecule has 0 amide bonds. The highest BCUT2D eigenvalue weighted by Gasteiger charge is 2.30. The van der Waals surface area contributed by atoms with Crippen LogP contribution in [0.1, 0.15) is 394 Å². The first-order valence-electron chi connectivity index (χ1n) is 39.2. The zero-order chi connectivity index (χ0) is 69.1. The van der Waals surface area contributed by atoms with E-state index in [2.05, 4.69) is 34.6 Å². The van der Waals surface area contributed by atoms with Crippen LogP contribution in [0.3, 0.4) is 0 Å². The molecule has 3 N–H and O–H groups in total. The van der Waals surface area contributed by atoms with Crippen molar-refractivity contribution in [3.63, 3.8) is 0 Å². The van der Waals surface area contributed by atoms with Crippen LogP contribution < -0.4 is 0 Å². The van der Waals surface area contributed by atoms with Crippen molar-refractivity contribution in [3.05, 3.63) is 0 Å². The number of esters is 4. The van der Waals surface area contributed by atoms with Crippen molar-refractivity contribution in [2.24, 2.45) is 5.92 Å². The molecule has 0 rings (SSSR count). The van der Waals surface area contributed by atoms with Gasteiger partial charge in [0.05, 0.1) is 26.4 Å². The molecule has 3 unspecified atom stereocenters. The zero-order valence-corrected chi connectivity index (χ0v) is 62.9. The van der Waals surface area contributed by atoms with Gasteiger partial charge in [0.2, 0.25) is 0 Å². The Labute approximate surface area is 575 Å². The molecule has 0 fully saturated rings. The summed E-state index contributed by atoms with van der Waals surface area (Å²) in [6, 6.07) is 0. The molecule has 0 aliphatic rings. The summed E-state index contributed by atoms with van der Waals surface area (Å²) in [6.07, 6.45) is 56.7. The largest absolute Gasteiger partial charge is 0.472 e. The van der Waals surface area contributed by atoms with Crippen molar-refractivity contribution < 1.29 is 80.2 Å². The second-order valence-corrected chi connectivity index (χ2v) is 30.2.